The third-order valence-corrected chi connectivity index (χ3v) is 5.34. The number of hydrogen-bond donors (Lipinski definition) is 0. The molecule has 16 heavy (non-hydrogen) atoms. The lowest BCUT2D eigenvalue weighted by Crippen LogP contribution is -2.31. The van der Waals surface area contributed by atoms with Crippen molar-refractivity contribution in [1.29, 1.82) is 5.26 Å². The number of sulfonamides is 1. The second-order valence-electron chi connectivity index (χ2n) is 3.36. The Labute approximate surface area is 100 Å². The average Bonchev–Trinajstić information content (AvgIpc) is 2.65. The van der Waals surface area contributed by atoms with E-state index in [9.17, 15) is 8.42 Å². The van der Waals surface area contributed by atoms with E-state index in [-0.39, 0.29) is 6.54 Å². The number of aryl methyl sites for hydroxylation is 1. The van der Waals surface area contributed by atoms with E-state index in [1.54, 1.807) is 12.1 Å². The molecule has 1 rings (SSSR count). The standard InChI is InChI=1S/C10H14N2O2S2/c1-3-7-12(8-6-11)16(13,14)10-5-4-9(2)15-10/h4-5H,3,7-8H2,1-2H3. The van der Waals surface area contributed by atoms with E-state index in [4.69, 9.17) is 5.26 Å². The van der Waals surface area contributed by atoms with Gasteiger partial charge in [0.15, 0.2) is 0 Å². The zero-order valence-electron chi connectivity index (χ0n) is 9.30. The first-order valence-electron chi connectivity index (χ1n) is 4.96. The molecule has 0 saturated carbocycles. The van der Waals surface area contributed by atoms with Crippen LogP contribution in [0.5, 0.6) is 0 Å². The van der Waals surface area contributed by atoms with E-state index in [0.717, 1.165) is 4.88 Å². The highest BCUT2D eigenvalue weighted by Gasteiger charge is 2.24. The number of hydrogen-bond acceptors (Lipinski definition) is 4. The first-order valence-corrected chi connectivity index (χ1v) is 7.21. The van der Waals surface area contributed by atoms with Crippen LogP contribution >= 0.6 is 11.3 Å². The van der Waals surface area contributed by atoms with Crippen molar-refractivity contribution in [3.05, 3.63) is 17.0 Å². The topological polar surface area (TPSA) is 61.2 Å². The highest BCUT2D eigenvalue weighted by atomic mass is 32.2. The molecular formula is C10H14N2O2S2. The van der Waals surface area contributed by atoms with Gasteiger partial charge in [0, 0.05) is 11.4 Å². The van der Waals surface area contributed by atoms with Crippen molar-refractivity contribution in [3.63, 3.8) is 0 Å². The highest BCUT2D eigenvalue weighted by Crippen LogP contribution is 2.24. The molecular weight excluding hydrogens is 244 g/mol. The molecule has 0 saturated heterocycles. The van der Waals surface area contributed by atoms with Gasteiger partial charge in [0.2, 0.25) is 0 Å². The van der Waals surface area contributed by atoms with Crippen molar-refractivity contribution in [2.45, 2.75) is 24.5 Å². The summed E-state index contributed by atoms with van der Waals surface area (Å²) < 4.78 is 25.8. The molecule has 1 aromatic rings. The molecule has 0 aliphatic carbocycles. The Bertz CT molecular complexity index is 485. The summed E-state index contributed by atoms with van der Waals surface area (Å²) in [5.74, 6) is 0. The van der Waals surface area contributed by atoms with Crippen LogP contribution in [0.25, 0.3) is 0 Å². The van der Waals surface area contributed by atoms with Gasteiger partial charge in [-0.05, 0) is 25.5 Å². The van der Waals surface area contributed by atoms with Crippen LogP contribution in [0.2, 0.25) is 0 Å². The second-order valence-corrected chi connectivity index (χ2v) is 6.81. The van der Waals surface area contributed by atoms with E-state index in [2.05, 4.69) is 0 Å². The molecule has 0 aliphatic rings. The van der Waals surface area contributed by atoms with Crippen molar-refractivity contribution >= 4 is 21.4 Å². The Morgan fingerprint density at radius 1 is 1.50 bits per heavy atom. The van der Waals surface area contributed by atoms with Gasteiger partial charge in [-0.1, -0.05) is 6.92 Å². The molecule has 0 amide bonds. The molecule has 88 valence electrons. The van der Waals surface area contributed by atoms with Crippen LogP contribution in [-0.2, 0) is 10.0 Å². The number of rotatable bonds is 5. The van der Waals surface area contributed by atoms with Crippen LogP contribution in [0.4, 0.5) is 0 Å². The summed E-state index contributed by atoms with van der Waals surface area (Å²) in [6.07, 6.45) is 0.700. The SMILES string of the molecule is CCCN(CC#N)S(=O)(=O)c1ccc(C)s1. The molecule has 0 atom stereocenters. The van der Waals surface area contributed by atoms with Gasteiger partial charge in [-0.25, -0.2) is 8.42 Å². The van der Waals surface area contributed by atoms with Gasteiger partial charge in [-0.3, -0.25) is 0 Å². The lowest BCUT2D eigenvalue weighted by atomic mass is 10.5. The van der Waals surface area contributed by atoms with Crippen molar-refractivity contribution in [2.75, 3.05) is 13.1 Å². The van der Waals surface area contributed by atoms with Crippen molar-refractivity contribution in [1.82, 2.24) is 4.31 Å². The fourth-order valence-electron chi connectivity index (χ4n) is 1.29. The number of thiophene rings is 1. The van der Waals surface area contributed by atoms with Crippen LogP contribution < -0.4 is 0 Å². The summed E-state index contributed by atoms with van der Waals surface area (Å²) in [5, 5.41) is 8.63. The molecule has 0 spiro atoms. The molecule has 0 aromatic carbocycles. The van der Waals surface area contributed by atoms with Gasteiger partial charge in [0.1, 0.15) is 10.8 Å². The summed E-state index contributed by atoms with van der Waals surface area (Å²) in [4.78, 5) is 0.951. The Kier molecular flexibility index (Phi) is 4.47. The molecule has 4 nitrogen and oxygen atoms in total. The third-order valence-electron chi connectivity index (χ3n) is 2.03. The zero-order chi connectivity index (χ0) is 12.2. The van der Waals surface area contributed by atoms with Gasteiger partial charge >= 0.3 is 0 Å². The molecule has 0 aliphatic heterocycles. The largest absolute Gasteiger partial charge is 0.253 e. The summed E-state index contributed by atoms with van der Waals surface area (Å²) in [6.45, 7) is 4.04. The van der Waals surface area contributed by atoms with Crippen LogP contribution in [0.15, 0.2) is 16.3 Å². The summed E-state index contributed by atoms with van der Waals surface area (Å²) in [7, 11) is -3.48. The summed E-state index contributed by atoms with van der Waals surface area (Å²) >= 11 is 1.24. The maximum absolute atomic E-state index is 12.1. The maximum atomic E-state index is 12.1. The summed E-state index contributed by atoms with van der Waals surface area (Å²) in [6, 6.07) is 5.25. The number of nitriles is 1. The predicted octanol–water partition coefficient (Wildman–Crippen LogP) is 1.98. The van der Waals surface area contributed by atoms with Gasteiger partial charge < -0.3 is 0 Å². The zero-order valence-corrected chi connectivity index (χ0v) is 10.9. The predicted molar refractivity (Wildman–Crippen MR) is 63.7 cm³/mol. The molecule has 0 N–H and O–H groups in total. The molecule has 0 bridgehead atoms. The fourth-order valence-corrected chi connectivity index (χ4v) is 4.16. The van der Waals surface area contributed by atoms with Gasteiger partial charge in [0.25, 0.3) is 10.0 Å². The van der Waals surface area contributed by atoms with Crippen LogP contribution in [0.1, 0.15) is 18.2 Å². The molecule has 1 aromatic heterocycles. The quantitative estimate of drug-likeness (QED) is 0.759. The third kappa shape index (κ3) is 2.82. The smallest absolute Gasteiger partial charge is 0.206 e. The Morgan fingerprint density at radius 3 is 2.62 bits per heavy atom. The Hall–Kier alpha value is -0.900. The maximum Gasteiger partial charge on any atom is 0.253 e. The van der Waals surface area contributed by atoms with E-state index in [1.807, 2.05) is 19.9 Å². The van der Waals surface area contributed by atoms with E-state index < -0.39 is 10.0 Å². The van der Waals surface area contributed by atoms with Gasteiger partial charge in [-0.15, -0.1) is 11.3 Å². The molecule has 0 fully saturated rings. The molecule has 0 unspecified atom stereocenters. The minimum absolute atomic E-state index is 0.0902. The normalized spacial score (nSPS) is 11.6. The lowest BCUT2D eigenvalue weighted by Gasteiger charge is -2.16. The van der Waals surface area contributed by atoms with Crippen LogP contribution in [0.3, 0.4) is 0 Å². The minimum atomic E-state index is -3.48. The lowest BCUT2D eigenvalue weighted by molar-refractivity contribution is 0.446. The molecule has 6 heteroatoms. The summed E-state index contributed by atoms with van der Waals surface area (Å²) in [5.41, 5.74) is 0. The Balaban J connectivity index is 3.03. The monoisotopic (exact) mass is 258 g/mol. The first-order chi connectivity index (χ1) is 7.52. The van der Waals surface area contributed by atoms with Crippen molar-refractivity contribution in [3.8, 4) is 6.07 Å². The molecule has 1 heterocycles. The van der Waals surface area contributed by atoms with Gasteiger partial charge in [0.05, 0.1) is 6.07 Å². The van der Waals surface area contributed by atoms with Gasteiger partial charge in [-0.2, -0.15) is 9.57 Å². The minimum Gasteiger partial charge on any atom is -0.206 e. The Morgan fingerprint density at radius 2 is 2.19 bits per heavy atom. The fraction of sp³-hybridized carbons (Fsp3) is 0.500. The number of nitrogens with zero attached hydrogens (tertiary/aromatic N) is 2. The van der Waals surface area contributed by atoms with Crippen molar-refractivity contribution in [2.24, 2.45) is 0 Å². The van der Waals surface area contributed by atoms with E-state index in [0.29, 0.717) is 17.2 Å². The van der Waals surface area contributed by atoms with Crippen LogP contribution in [0, 0.1) is 18.3 Å². The van der Waals surface area contributed by atoms with Crippen molar-refractivity contribution < 1.29 is 8.42 Å². The van der Waals surface area contributed by atoms with E-state index >= 15 is 0 Å². The second kappa shape index (κ2) is 5.43. The highest BCUT2D eigenvalue weighted by molar-refractivity contribution is 7.91. The molecule has 0 radical (unpaired) electrons. The average molecular weight is 258 g/mol. The van der Waals surface area contributed by atoms with E-state index in [1.165, 1.54) is 15.6 Å². The van der Waals surface area contributed by atoms with Crippen LogP contribution in [-0.4, -0.2) is 25.8 Å². The first kappa shape index (κ1) is 13.2.